The van der Waals surface area contributed by atoms with E-state index < -0.39 is 0 Å². The van der Waals surface area contributed by atoms with Crippen molar-refractivity contribution in [2.75, 3.05) is 13.1 Å². The second-order valence-electron chi connectivity index (χ2n) is 5.86. The van der Waals surface area contributed by atoms with Crippen molar-refractivity contribution in [2.45, 2.75) is 26.1 Å². The van der Waals surface area contributed by atoms with Crippen molar-refractivity contribution in [1.29, 1.82) is 0 Å². The van der Waals surface area contributed by atoms with Gasteiger partial charge < -0.3 is 10.1 Å². The fourth-order valence-corrected chi connectivity index (χ4v) is 2.85. The van der Waals surface area contributed by atoms with Crippen LogP contribution in [-0.2, 0) is 11.3 Å². The molecule has 1 N–H and O–H groups in total. The number of hydrogen-bond donors (Lipinski definition) is 1. The van der Waals surface area contributed by atoms with E-state index >= 15 is 0 Å². The lowest BCUT2D eigenvalue weighted by molar-refractivity contribution is 0.0543. The summed E-state index contributed by atoms with van der Waals surface area (Å²) in [5.41, 5.74) is 3.26. The van der Waals surface area contributed by atoms with Crippen LogP contribution >= 0.6 is 0 Å². The van der Waals surface area contributed by atoms with Crippen molar-refractivity contribution in [1.82, 2.24) is 5.32 Å². The van der Waals surface area contributed by atoms with Crippen molar-refractivity contribution < 1.29 is 13.9 Å². The smallest absolute Gasteiger partial charge is 0.159 e. The van der Waals surface area contributed by atoms with Gasteiger partial charge in [0.1, 0.15) is 5.82 Å². The highest BCUT2D eigenvalue weighted by Gasteiger charge is 2.16. The zero-order valence-electron chi connectivity index (χ0n) is 13.1. The van der Waals surface area contributed by atoms with Gasteiger partial charge in [0, 0.05) is 12.1 Å². The van der Waals surface area contributed by atoms with Gasteiger partial charge in [0.25, 0.3) is 0 Å². The maximum absolute atomic E-state index is 13.6. The lowest BCUT2D eigenvalue weighted by atomic mass is 9.97. The van der Waals surface area contributed by atoms with Gasteiger partial charge in [-0.1, -0.05) is 24.3 Å². The third-order valence-electron chi connectivity index (χ3n) is 4.14. The predicted molar refractivity (Wildman–Crippen MR) is 87.9 cm³/mol. The molecule has 120 valence electrons. The SMILES string of the molecule is CC(=O)c1cccc(-c2ccc(F)cc2CO[C@H]2CCNC2)c1. The molecule has 1 heterocycles. The number of ketones is 1. The monoisotopic (exact) mass is 313 g/mol. The van der Waals surface area contributed by atoms with Gasteiger partial charge in [-0.05, 0) is 54.8 Å². The molecule has 0 unspecified atom stereocenters. The summed E-state index contributed by atoms with van der Waals surface area (Å²) in [7, 11) is 0. The molecule has 3 nitrogen and oxygen atoms in total. The average Bonchev–Trinajstić information content (AvgIpc) is 3.06. The van der Waals surface area contributed by atoms with Crippen LogP contribution in [0.5, 0.6) is 0 Å². The lowest BCUT2D eigenvalue weighted by Crippen LogP contribution is -2.16. The Morgan fingerprint density at radius 3 is 2.91 bits per heavy atom. The molecule has 1 atom stereocenters. The Kier molecular flexibility index (Phi) is 4.84. The van der Waals surface area contributed by atoms with Crippen molar-refractivity contribution in [2.24, 2.45) is 0 Å². The Bertz CT molecular complexity index is 708. The third kappa shape index (κ3) is 3.84. The van der Waals surface area contributed by atoms with E-state index in [4.69, 9.17) is 4.74 Å². The Balaban J connectivity index is 1.88. The standard InChI is InChI=1S/C19H20FNO2/c1-13(22)14-3-2-4-15(9-14)19-6-5-17(20)10-16(19)12-23-18-7-8-21-11-18/h2-6,9-10,18,21H,7-8,11-12H2,1H3/t18-/m0/s1. The Morgan fingerprint density at radius 1 is 1.30 bits per heavy atom. The number of carbonyl (C=O) groups excluding carboxylic acids is 1. The van der Waals surface area contributed by atoms with E-state index in [9.17, 15) is 9.18 Å². The number of Topliss-reactive ketones (excluding diaryl/α,β-unsaturated/α-hetero) is 1. The Hall–Kier alpha value is -2.04. The molecule has 2 aromatic rings. The molecular weight excluding hydrogens is 293 g/mol. The van der Waals surface area contributed by atoms with Gasteiger partial charge in [0.2, 0.25) is 0 Å². The van der Waals surface area contributed by atoms with E-state index in [2.05, 4.69) is 5.32 Å². The Morgan fingerprint density at radius 2 is 2.17 bits per heavy atom. The maximum atomic E-state index is 13.6. The minimum Gasteiger partial charge on any atom is -0.372 e. The molecule has 1 aliphatic rings. The summed E-state index contributed by atoms with van der Waals surface area (Å²) in [6.45, 7) is 3.70. The molecule has 3 rings (SSSR count). The van der Waals surface area contributed by atoms with Crippen LogP contribution in [0.15, 0.2) is 42.5 Å². The summed E-state index contributed by atoms with van der Waals surface area (Å²) in [6, 6.07) is 12.1. The van der Waals surface area contributed by atoms with Crippen molar-refractivity contribution in [3.05, 3.63) is 59.4 Å². The second-order valence-corrected chi connectivity index (χ2v) is 5.86. The molecule has 0 aromatic heterocycles. The number of carbonyl (C=O) groups is 1. The minimum absolute atomic E-state index is 0.0174. The molecule has 2 aromatic carbocycles. The molecule has 1 aliphatic heterocycles. The number of ether oxygens (including phenoxy) is 1. The van der Waals surface area contributed by atoms with E-state index in [-0.39, 0.29) is 17.7 Å². The molecule has 0 radical (unpaired) electrons. The second kappa shape index (κ2) is 7.02. The van der Waals surface area contributed by atoms with Gasteiger partial charge in [0.15, 0.2) is 5.78 Å². The zero-order valence-corrected chi connectivity index (χ0v) is 13.1. The molecule has 0 aliphatic carbocycles. The van der Waals surface area contributed by atoms with Crippen LogP contribution in [0.4, 0.5) is 4.39 Å². The van der Waals surface area contributed by atoms with Crippen LogP contribution in [0.1, 0.15) is 29.3 Å². The summed E-state index contributed by atoms with van der Waals surface area (Å²) < 4.78 is 19.5. The van der Waals surface area contributed by atoms with Crippen LogP contribution in [0, 0.1) is 5.82 Å². The summed E-state index contributed by atoms with van der Waals surface area (Å²) in [4.78, 5) is 11.6. The number of nitrogens with one attached hydrogen (secondary N) is 1. The summed E-state index contributed by atoms with van der Waals surface area (Å²) >= 11 is 0. The molecule has 23 heavy (non-hydrogen) atoms. The Labute approximate surface area is 135 Å². The summed E-state index contributed by atoms with van der Waals surface area (Å²) in [5, 5.41) is 3.25. The third-order valence-corrected chi connectivity index (χ3v) is 4.14. The van der Waals surface area contributed by atoms with Gasteiger partial charge in [-0.15, -0.1) is 0 Å². The van der Waals surface area contributed by atoms with E-state index in [1.54, 1.807) is 19.1 Å². The van der Waals surface area contributed by atoms with E-state index in [1.165, 1.54) is 12.1 Å². The van der Waals surface area contributed by atoms with Crippen LogP contribution in [0.25, 0.3) is 11.1 Å². The molecule has 0 spiro atoms. The quantitative estimate of drug-likeness (QED) is 0.858. The van der Waals surface area contributed by atoms with Crippen molar-refractivity contribution >= 4 is 5.78 Å². The molecule has 0 saturated carbocycles. The number of rotatable bonds is 5. The average molecular weight is 313 g/mol. The highest BCUT2D eigenvalue weighted by atomic mass is 19.1. The highest BCUT2D eigenvalue weighted by Crippen LogP contribution is 2.27. The number of hydrogen-bond acceptors (Lipinski definition) is 3. The van der Waals surface area contributed by atoms with Gasteiger partial charge in [-0.3, -0.25) is 4.79 Å². The molecule has 0 bridgehead atoms. The van der Waals surface area contributed by atoms with Gasteiger partial charge in [0.05, 0.1) is 12.7 Å². The summed E-state index contributed by atoms with van der Waals surface area (Å²) in [6.07, 6.45) is 1.15. The van der Waals surface area contributed by atoms with Gasteiger partial charge in [-0.2, -0.15) is 0 Å². The largest absolute Gasteiger partial charge is 0.372 e. The van der Waals surface area contributed by atoms with Crippen LogP contribution < -0.4 is 5.32 Å². The fraction of sp³-hybridized carbons (Fsp3) is 0.316. The van der Waals surface area contributed by atoms with Crippen LogP contribution in [0.2, 0.25) is 0 Å². The first-order valence-corrected chi connectivity index (χ1v) is 7.85. The first kappa shape index (κ1) is 15.8. The maximum Gasteiger partial charge on any atom is 0.159 e. The lowest BCUT2D eigenvalue weighted by Gasteiger charge is -2.14. The highest BCUT2D eigenvalue weighted by molar-refractivity contribution is 5.95. The molecule has 4 heteroatoms. The number of benzene rings is 2. The predicted octanol–water partition coefficient (Wildman–Crippen LogP) is 3.57. The van der Waals surface area contributed by atoms with Gasteiger partial charge in [-0.25, -0.2) is 4.39 Å². The fourth-order valence-electron chi connectivity index (χ4n) is 2.85. The molecule has 1 saturated heterocycles. The first-order valence-electron chi connectivity index (χ1n) is 7.85. The van der Waals surface area contributed by atoms with Crippen molar-refractivity contribution in [3.63, 3.8) is 0 Å². The number of halogens is 1. The normalized spacial score (nSPS) is 17.4. The van der Waals surface area contributed by atoms with Crippen LogP contribution in [0.3, 0.4) is 0 Å². The minimum atomic E-state index is -0.278. The zero-order chi connectivity index (χ0) is 16.2. The van der Waals surface area contributed by atoms with Crippen molar-refractivity contribution in [3.8, 4) is 11.1 Å². The topological polar surface area (TPSA) is 38.3 Å². The molecular formula is C19H20FNO2. The van der Waals surface area contributed by atoms with Gasteiger partial charge >= 0.3 is 0 Å². The van der Waals surface area contributed by atoms with E-state index in [1.807, 2.05) is 18.2 Å². The van der Waals surface area contributed by atoms with E-state index in [0.717, 1.165) is 36.2 Å². The first-order chi connectivity index (χ1) is 11.1. The van der Waals surface area contributed by atoms with E-state index in [0.29, 0.717) is 12.2 Å². The summed E-state index contributed by atoms with van der Waals surface area (Å²) in [5.74, 6) is -0.261. The molecule has 1 fully saturated rings. The molecule has 0 amide bonds. The van der Waals surface area contributed by atoms with Crippen LogP contribution in [-0.4, -0.2) is 25.0 Å².